The lowest BCUT2D eigenvalue weighted by molar-refractivity contribution is -0.121. The van der Waals surface area contributed by atoms with Crippen molar-refractivity contribution in [1.82, 2.24) is 15.5 Å². The number of carbonyl (C=O) groups excluding carboxylic acids is 2. The summed E-state index contributed by atoms with van der Waals surface area (Å²) in [6, 6.07) is 3.60. The highest BCUT2D eigenvalue weighted by atomic mass is 32.1. The van der Waals surface area contributed by atoms with Crippen LogP contribution < -0.4 is 10.6 Å². The van der Waals surface area contributed by atoms with Gasteiger partial charge in [-0.3, -0.25) is 15.0 Å². The third-order valence-corrected chi connectivity index (χ3v) is 4.35. The first kappa shape index (κ1) is 17.9. The smallest absolute Gasteiger partial charge is 0.321 e. The van der Waals surface area contributed by atoms with E-state index in [4.69, 9.17) is 4.74 Å². The zero-order chi connectivity index (χ0) is 16.7. The van der Waals surface area contributed by atoms with Gasteiger partial charge in [0, 0.05) is 30.6 Å². The molecule has 1 aromatic rings. The van der Waals surface area contributed by atoms with Crippen LogP contribution in [0.4, 0.5) is 4.79 Å². The van der Waals surface area contributed by atoms with Crippen molar-refractivity contribution in [3.8, 4) is 0 Å². The summed E-state index contributed by atoms with van der Waals surface area (Å²) in [4.78, 5) is 27.0. The van der Waals surface area contributed by atoms with Gasteiger partial charge in [0.1, 0.15) is 0 Å². The SMILES string of the molecule is CC(C)NC(=O)NC(=O)CN(Cc1cccs1)C[C@@H]1CCCO1. The highest BCUT2D eigenvalue weighted by Crippen LogP contribution is 2.16. The van der Waals surface area contributed by atoms with E-state index < -0.39 is 6.03 Å². The Hall–Kier alpha value is -1.44. The largest absolute Gasteiger partial charge is 0.377 e. The first-order valence-corrected chi connectivity index (χ1v) is 8.87. The van der Waals surface area contributed by atoms with Crippen LogP contribution in [0.25, 0.3) is 0 Å². The molecule has 1 aliphatic heterocycles. The van der Waals surface area contributed by atoms with Gasteiger partial charge in [0.2, 0.25) is 5.91 Å². The van der Waals surface area contributed by atoms with Crippen LogP contribution in [-0.4, -0.2) is 48.7 Å². The molecule has 2 N–H and O–H groups in total. The van der Waals surface area contributed by atoms with Gasteiger partial charge in [0.05, 0.1) is 12.6 Å². The topological polar surface area (TPSA) is 70.7 Å². The van der Waals surface area contributed by atoms with Crippen LogP contribution in [0.15, 0.2) is 17.5 Å². The first-order chi connectivity index (χ1) is 11.0. The van der Waals surface area contributed by atoms with Crippen molar-refractivity contribution in [3.05, 3.63) is 22.4 Å². The van der Waals surface area contributed by atoms with E-state index >= 15 is 0 Å². The number of nitrogens with zero attached hydrogens (tertiary/aromatic N) is 1. The molecule has 1 saturated heterocycles. The number of imide groups is 1. The van der Waals surface area contributed by atoms with Gasteiger partial charge in [-0.15, -0.1) is 11.3 Å². The Bertz CT molecular complexity index is 499. The summed E-state index contributed by atoms with van der Waals surface area (Å²) in [7, 11) is 0. The predicted molar refractivity (Wildman–Crippen MR) is 90.4 cm³/mol. The second-order valence-electron chi connectivity index (χ2n) is 6.06. The molecule has 0 spiro atoms. The lowest BCUT2D eigenvalue weighted by Crippen LogP contribution is -2.47. The van der Waals surface area contributed by atoms with Crippen molar-refractivity contribution in [2.24, 2.45) is 0 Å². The number of ether oxygens (including phenoxy) is 1. The van der Waals surface area contributed by atoms with Crippen LogP contribution in [0.2, 0.25) is 0 Å². The summed E-state index contributed by atoms with van der Waals surface area (Å²) in [5, 5.41) is 7.06. The molecular weight excluding hydrogens is 314 g/mol. The molecule has 7 heteroatoms. The third kappa shape index (κ3) is 6.68. The molecule has 2 rings (SSSR count). The average molecular weight is 339 g/mol. The van der Waals surface area contributed by atoms with Gasteiger partial charge in [0.25, 0.3) is 0 Å². The highest BCUT2D eigenvalue weighted by molar-refractivity contribution is 7.09. The number of thiophene rings is 1. The van der Waals surface area contributed by atoms with Crippen LogP contribution in [0.1, 0.15) is 31.6 Å². The molecule has 6 nitrogen and oxygen atoms in total. The van der Waals surface area contributed by atoms with E-state index in [-0.39, 0.29) is 24.6 Å². The fourth-order valence-electron chi connectivity index (χ4n) is 2.55. The van der Waals surface area contributed by atoms with Crippen LogP contribution in [0.3, 0.4) is 0 Å². The average Bonchev–Trinajstić information content (AvgIpc) is 3.10. The van der Waals surface area contributed by atoms with Gasteiger partial charge in [-0.1, -0.05) is 6.07 Å². The van der Waals surface area contributed by atoms with Crippen LogP contribution in [0.5, 0.6) is 0 Å². The lowest BCUT2D eigenvalue weighted by atomic mass is 10.2. The predicted octanol–water partition coefficient (Wildman–Crippen LogP) is 1.96. The van der Waals surface area contributed by atoms with Gasteiger partial charge in [-0.25, -0.2) is 4.79 Å². The Morgan fingerprint density at radius 1 is 1.48 bits per heavy atom. The molecule has 0 unspecified atom stereocenters. The summed E-state index contributed by atoms with van der Waals surface area (Å²) in [6.07, 6.45) is 2.27. The number of amides is 3. The van der Waals surface area contributed by atoms with E-state index in [0.717, 1.165) is 19.4 Å². The molecule has 1 aromatic heterocycles. The minimum atomic E-state index is -0.446. The third-order valence-electron chi connectivity index (χ3n) is 3.49. The Labute approximate surface area is 141 Å². The second-order valence-corrected chi connectivity index (χ2v) is 7.09. The summed E-state index contributed by atoms with van der Waals surface area (Å²) in [5.74, 6) is -0.294. The first-order valence-electron chi connectivity index (χ1n) is 7.99. The molecule has 2 heterocycles. The normalized spacial score (nSPS) is 17.7. The summed E-state index contributed by atoms with van der Waals surface area (Å²) < 4.78 is 5.67. The maximum absolute atomic E-state index is 12.1. The number of rotatable bonds is 7. The zero-order valence-corrected chi connectivity index (χ0v) is 14.5. The molecule has 0 aliphatic carbocycles. The highest BCUT2D eigenvalue weighted by Gasteiger charge is 2.22. The molecule has 3 amide bonds. The van der Waals surface area contributed by atoms with Crippen molar-refractivity contribution >= 4 is 23.3 Å². The molecule has 128 valence electrons. The quantitative estimate of drug-likeness (QED) is 0.797. The fraction of sp³-hybridized carbons (Fsp3) is 0.625. The lowest BCUT2D eigenvalue weighted by Gasteiger charge is -2.24. The molecule has 0 saturated carbocycles. The minimum Gasteiger partial charge on any atom is -0.377 e. The standard InChI is InChI=1S/C16H25N3O3S/c1-12(2)17-16(21)18-15(20)11-19(9-13-5-3-7-22-13)10-14-6-4-8-23-14/h4,6,8,12-13H,3,5,7,9-11H2,1-2H3,(H2,17,18,20,21)/t13-/m0/s1. The van der Waals surface area contributed by atoms with Gasteiger partial charge in [-0.2, -0.15) is 0 Å². The van der Waals surface area contributed by atoms with Crippen molar-refractivity contribution in [2.45, 2.75) is 45.4 Å². The summed E-state index contributed by atoms with van der Waals surface area (Å²) >= 11 is 1.67. The van der Waals surface area contributed by atoms with Crippen molar-refractivity contribution in [1.29, 1.82) is 0 Å². The molecule has 0 aromatic carbocycles. The van der Waals surface area contributed by atoms with Crippen molar-refractivity contribution < 1.29 is 14.3 Å². The second kappa shape index (κ2) is 9.00. The maximum atomic E-state index is 12.1. The van der Waals surface area contributed by atoms with E-state index in [1.165, 1.54) is 4.88 Å². The van der Waals surface area contributed by atoms with E-state index in [1.807, 2.05) is 30.2 Å². The van der Waals surface area contributed by atoms with Gasteiger partial charge >= 0.3 is 6.03 Å². The molecule has 23 heavy (non-hydrogen) atoms. The van der Waals surface area contributed by atoms with Crippen LogP contribution in [-0.2, 0) is 16.1 Å². The Morgan fingerprint density at radius 2 is 2.30 bits per heavy atom. The molecule has 1 fully saturated rings. The number of urea groups is 1. The molecule has 1 aliphatic rings. The van der Waals surface area contributed by atoms with Crippen LogP contribution >= 0.6 is 11.3 Å². The number of hydrogen-bond acceptors (Lipinski definition) is 5. The van der Waals surface area contributed by atoms with Crippen molar-refractivity contribution in [2.75, 3.05) is 19.7 Å². The van der Waals surface area contributed by atoms with Gasteiger partial charge < -0.3 is 10.1 Å². The monoisotopic (exact) mass is 339 g/mol. The van der Waals surface area contributed by atoms with E-state index in [0.29, 0.717) is 13.1 Å². The van der Waals surface area contributed by atoms with Gasteiger partial charge in [-0.05, 0) is 38.1 Å². The number of carbonyl (C=O) groups is 2. The number of nitrogens with one attached hydrogen (secondary N) is 2. The molecule has 1 atom stereocenters. The van der Waals surface area contributed by atoms with E-state index in [2.05, 4.69) is 16.7 Å². The number of hydrogen-bond donors (Lipinski definition) is 2. The molecular formula is C16H25N3O3S. The Balaban J connectivity index is 1.87. The van der Waals surface area contributed by atoms with Gasteiger partial charge in [0.15, 0.2) is 0 Å². The molecule has 0 radical (unpaired) electrons. The van der Waals surface area contributed by atoms with Crippen LogP contribution in [0, 0.1) is 0 Å². The summed E-state index contributed by atoms with van der Waals surface area (Å²) in [6.45, 7) is 6.08. The Morgan fingerprint density at radius 3 is 2.91 bits per heavy atom. The maximum Gasteiger partial charge on any atom is 0.321 e. The Kier molecular flexibility index (Phi) is 7.01. The zero-order valence-electron chi connectivity index (χ0n) is 13.7. The molecule has 0 bridgehead atoms. The van der Waals surface area contributed by atoms with Crippen molar-refractivity contribution in [3.63, 3.8) is 0 Å². The van der Waals surface area contributed by atoms with E-state index in [9.17, 15) is 9.59 Å². The summed E-state index contributed by atoms with van der Waals surface area (Å²) in [5.41, 5.74) is 0. The minimum absolute atomic E-state index is 0.00286. The fourth-order valence-corrected chi connectivity index (χ4v) is 3.30. The van der Waals surface area contributed by atoms with E-state index in [1.54, 1.807) is 11.3 Å².